The number of carbonyl (C=O) groups excluding carboxylic acids is 1. The topological polar surface area (TPSA) is 55.1 Å². The van der Waals surface area contributed by atoms with E-state index in [-0.39, 0.29) is 5.91 Å². The second-order valence-electron chi connectivity index (χ2n) is 5.11. The van der Waals surface area contributed by atoms with E-state index >= 15 is 0 Å². The number of benzene rings is 1. The third-order valence-corrected chi connectivity index (χ3v) is 3.56. The van der Waals surface area contributed by atoms with Crippen molar-refractivity contribution in [3.05, 3.63) is 47.2 Å². The van der Waals surface area contributed by atoms with Gasteiger partial charge < -0.3 is 4.52 Å². The van der Waals surface area contributed by atoms with Crippen molar-refractivity contribution >= 4 is 11.8 Å². The Morgan fingerprint density at radius 3 is 2.95 bits per heavy atom. The van der Waals surface area contributed by atoms with Crippen molar-refractivity contribution in [2.75, 3.05) is 5.32 Å². The Balaban J connectivity index is 1.81. The second kappa shape index (κ2) is 4.88. The van der Waals surface area contributed by atoms with Gasteiger partial charge in [0.25, 0.3) is 5.91 Å². The first-order valence-electron chi connectivity index (χ1n) is 6.58. The van der Waals surface area contributed by atoms with E-state index in [9.17, 15) is 4.79 Å². The second-order valence-corrected chi connectivity index (χ2v) is 5.11. The summed E-state index contributed by atoms with van der Waals surface area (Å²) in [5.74, 6) is 0.965. The number of rotatable bonds is 2. The summed E-state index contributed by atoms with van der Waals surface area (Å²) in [5, 5.41) is 6.87. The van der Waals surface area contributed by atoms with Gasteiger partial charge in [-0.25, -0.2) is 0 Å². The van der Waals surface area contributed by atoms with Crippen LogP contribution in [-0.2, 0) is 12.8 Å². The molecule has 4 heteroatoms. The van der Waals surface area contributed by atoms with Gasteiger partial charge in [0.15, 0.2) is 0 Å². The molecule has 0 spiro atoms. The molecule has 1 N–H and O–H groups in total. The number of nitrogens with zero attached hydrogens (tertiary/aromatic N) is 1. The monoisotopic (exact) mass is 256 g/mol. The number of aryl methyl sites for hydroxylation is 1. The van der Waals surface area contributed by atoms with Gasteiger partial charge in [0.2, 0.25) is 5.88 Å². The number of hydrogen-bond acceptors (Lipinski definition) is 3. The third-order valence-electron chi connectivity index (χ3n) is 3.56. The highest BCUT2D eigenvalue weighted by Gasteiger charge is 2.24. The van der Waals surface area contributed by atoms with Gasteiger partial charge in [-0.05, 0) is 37.3 Å². The van der Waals surface area contributed by atoms with E-state index < -0.39 is 0 Å². The largest absolute Gasteiger partial charge is 0.338 e. The molecule has 0 bridgehead atoms. The fourth-order valence-electron chi connectivity index (χ4n) is 2.45. The summed E-state index contributed by atoms with van der Waals surface area (Å²) in [7, 11) is 0. The predicted molar refractivity (Wildman–Crippen MR) is 72.1 cm³/mol. The molecule has 19 heavy (non-hydrogen) atoms. The SMILES string of the molecule is CC1CCc2noc(NC(=O)c3ccccc3)c2C1. The number of nitrogens with one attached hydrogen (secondary N) is 1. The van der Waals surface area contributed by atoms with Gasteiger partial charge >= 0.3 is 0 Å². The number of amides is 1. The maximum atomic E-state index is 12.1. The summed E-state index contributed by atoms with van der Waals surface area (Å²) < 4.78 is 5.28. The summed E-state index contributed by atoms with van der Waals surface area (Å²) in [5.41, 5.74) is 2.67. The fourth-order valence-corrected chi connectivity index (χ4v) is 2.45. The van der Waals surface area contributed by atoms with Crippen LogP contribution in [0.3, 0.4) is 0 Å². The van der Waals surface area contributed by atoms with Crippen molar-refractivity contribution in [2.24, 2.45) is 5.92 Å². The first-order valence-corrected chi connectivity index (χ1v) is 6.58. The normalized spacial score (nSPS) is 17.8. The molecule has 1 aromatic heterocycles. The molecule has 1 atom stereocenters. The average Bonchev–Trinajstić information content (AvgIpc) is 2.82. The van der Waals surface area contributed by atoms with Gasteiger partial charge in [0.1, 0.15) is 0 Å². The summed E-state index contributed by atoms with van der Waals surface area (Å²) in [6.45, 7) is 2.21. The van der Waals surface area contributed by atoms with Gasteiger partial charge in [-0.1, -0.05) is 30.3 Å². The molecule has 1 aliphatic rings. The van der Waals surface area contributed by atoms with Crippen LogP contribution in [0.5, 0.6) is 0 Å². The van der Waals surface area contributed by atoms with E-state index in [2.05, 4.69) is 17.4 Å². The lowest BCUT2D eigenvalue weighted by atomic mass is 9.89. The minimum absolute atomic E-state index is 0.155. The molecule has 1 aromatic carbocycles. The maximum absolute atomic E-state index is 12.1. The number of anilines is 1. The van der Waals surface area contributed by atoms with Crippen LogP contribution in [0.15, 0.2) is 34.9 Å². The van der Waals surface area contributed by atoms with Crippen molar-refractivity contribution in [1.82, 2.24) is 5.16 Å². The molecule has 0 aliphatic heterocycles. The van der Waals surface area contributed by atoms with Crippen LogP contribution in [0.2, 0.25) is 0 Å². The van der Waals surface area contributed by atoms with Crippen LogP contribution >= 0.6 is 0 Å². The zero-order valence-corrected chi connectivity index (χ0v) is 10.8. The lowest BCUT2D eigenvalue weighted by Gasteiger charge is -2.16. The zero-order valence-electron chi connectivity index (χ0n) is 10.8. The Labute approximate surface area is 111 Å². The summed E-state index contributed by atoms with van der Waals surface area (Å²) in [4.78, 5) is 12.1. The van der Waals surface area contributed by atoms with Gasteiger partial charge in [-0.3, -0.25) is 10.1 Å². The van der Waals surface area contributed by atoms with Crippen molar-refractivity contribution in [3.8, 4) is 0 Å². The van der Waals surface area contributed by atoms with Crippen molar-refractivity contribution in [2.45, 2.75) is 26.2 Å². The van der Waals surface area contributed by atoms with Gasteiger partial charge in [0.05, 0.1) is 5.69 Å². The Morgan fingerprint density at radius 1 is 1.37 bits per heavy atom. The molecule has 1 aliphatic carbocycles. The first-order chi connectivity index (χ1) is 9.24. The van der Waals surface area contributed by atoms with Crippen molar-refractivity contribution in [1.29, 1.82) is 0 Å². The number of hydrogen-bond donors (Lipinski definition) is 1. The zero-order chi connectivity index (χ0) is 13.2. The van der Waals surface area contributed by atoms with Crippen LogP contribution in [0.4, 0.5) is 5.88 Å². The van der Waals surface area contributed by atoms with E-state index in [0.29, 0.717) is 17.4 Å². The van der Waals surface area contributed by atoms with Gasteiger partial charge in [-0.2, -0.15) is 0 Å². The number of carbonyl (C=O) groups is 1. The Bertz CT molecular complexity index is 589. The van der Waals surface area contributed by atoms with Crippen LogP contribution in [0, 0.1) is 5.92 Å². The minimum atomic E-state index is -0.155. The van der Waals surface area contributed by atoms with E-state index in [4.69, 9.17) is 4.52 Å². The van der Waals surface area contributed by atoms with Crippen LogP contribution in [0.1, 0.15) is 35.0 Å². The molecule has 0 saturated heterocycles. The van der Waals surface area contributed by atoms with Gasteiger partial charge in [-0.15, -0.1) is 0 Å². The molecule has 2 aromatic rings. The molecule has 0 saturated carbocycles. The van der Waals surface area contributed by atoms with Crippen LogP contribution < -0.4 is 5.32 Å². The van der Waals surface area contributed by atoms with E-state index in [1.54, 1.807) is 12.1 Å². The number of aromatic nitrogens is 1. The Morgan fingerprint density at radius 2 is 2.16 bits per heavy atom. The van der Waals surface area contributed by atoms with Crippen molar-refractivity contribution < 1.29 is 9.32 Å². The fraction of sp³-hybridized carbons (Fsp3) is 0.333. The molecule has 4 nitrogen and oxygen atoms in total. The lowest BCUT2D eigenvalue weighted by Crippen LogP contribution is -2.15. The van der Waals surface area contributed by atoms with E-state index in [0.717, 1.165) is 30.5 Å². The summed E-state index contributed by atoms with van der Waals surface area (Å²) >= 11 is 0. The van der Waals surface area contributed by atoms with Crippen molar-refractivity contribution in [3.63, 3.8) is 0 Å². The predicted octanol–water partition coefficient (Wildman–Crippen LogP) is 3.05. The van der Waals surface area contributed by atoms with E-state index in [1.165, 1.54) is 0 Å². The minimum Gasteiger partial charge on any atom is -0.338 e. The van der Waals surface area contributed by atoms with Crippen LogP contribution in [-0.4, -0.2) is 11.1 Å². The standard InChI is InChI=1S/C15H16N2O2/c1-10-7-8-13-12(9-10)15(19-17-13)16-14(18)11-5-3-2-4-6-11/h2-6,10H,7-9H2,1H3,(H,16,18). The summed E-state index contributed by atoms with van der Waals surface area (Å²) in [6.07, 6.45) is 2.98. The molecule has 98 valence electrons. The Kier molecular flexibility index (Phi) is 3.07. The molecule has 1 heterocycles. The van der Waals surface area contributed by atoms with Crippen LogP contribution in [0.25, 0.3) is 0 Å². The molecule has 1 unspecified atom stereocenters. The molecule has 0 fully saturated rings. The quantitative estimate of drug-likeness (QED) is 0.898. The summed E-state index contributed by atoms with van der Waals surface area (Å²) in [6, 6.07) is 9.12. The molecular formula is C15H16N2O2. The molecule has 3 rings (SSSR count). The first kappa shape index (κ1) is 12.0. The lowest BCUT2D eigenvalue weighted by molar-refractivity contribution is 0.102. The number of fused-ring (bicyclic) bond motifs is 1. The van der Waals surface area contributed by atoms with E-state index in [1.807, 2.05) is 18.2 Å². The highest BCUT2D eigenvalue weighted by Crippen LogP contribution is 2.30. The highest BCUT2D eigenvalue weighted by molar-refractivity contribution is 6.03. The molecular weight excluding hydrogens is 240 g/mol. The maximum Gasteiger partial charge on any atom is 0.258 e. The molecule has 1 amide bonds. The third kappa shape index (κ3) is 2.38. The Hall–Kier alpha value is -2.10. The highest BCUT2D eigenvalue weighted by atomic mass is 16.5. The average molecular weight is 256 g/mol. The van der Waals surface area contributed by atoms with Gasteiger partial charge in [0, 0.05) is 11.1 Å². The molecule has 0 radical (unpaired) electrons. The smallest absolute Gasteiger partial charge is 0.258 e.